The van der Waals surface area contributed by atoms with Crippen molar-refractivity contribution >= 4 is 34.6 Å². The molecule has 2 aromatic carbocycles. The molecule has 7 heteroatoms. The maximum Gasteiger partial charge on any atom is 0.223 e. The molecule has 0 radical (unpaired) electrons. The van der Waals surface area contributed by atoms with Crippen molar-refractivity contribution in [3.8, 4) is 0 Å². The topological polar surface area (TPSA) is 63.9 Å². The first-order valence-electron chi connectivity index (χ1n) is 22.9. The minimum absolute atomic E-state index is 0.0295. The molecule has 3 aliphatic heterocycles. The van der Waals surface area contributed by atoms with Gasteiger partial charge in [0.15, 0.2) is 24.7 Å². The molecule has 0 N–H and O–H groups in total. The van der Waals surface area contributed by atoms with Crippen LogP contribution in [0.4, 0.5) is 11.4 Å². The summed E-state index contributed by atoms with van der Waals surface area (Å²) in [5, 5.41) is 0. The van der Waals surface area contributed by atoms with E-state index in [0.29, 0.717) is 35.4 Å². The molecule has 0 atom stereocenters. The maximum atomic E-state index is 14.1. The number of piperazine rings is 1. The van der Waals surface area contributed by atoms with E-state index < -0.39 is 5.41 Å². The molecule has 2 aromatic rings. The van der Waals surface area contributed by atoms with Crippen LogP contribution in [0.1, 0.15) is 126 Å². The van der Waals surface area contributed by atoms with Gasteiger partial charge in [-0.05, 0) is 88.3 Å². The number of allylic oxidation sites excluding steroid dienone is 12. The predicted molar refractivity (Wildman–Crippen MR) is 251 cm³/mol. The number of amides is 1. The summed E-state index contributed by atoms with van der Waals surface area (Å²) in [6.07, 6.45) is 15.0. The zero-order chi connectivity index (χ0) is 44.0. The van der Waals surface area contributed by atoms with Crippen molar-refractivity contribution in [1.82, 2.24) is 4.90 Å². The third-order valence-corrected chi connectivity index (χ3v) is 14.3. The molecule has 2 aliphatic carbocycles. The van der Waals surface area contributed by atoms with Crippen LogP contribution in [-0.4, -0.2) is 71.9 Å². The van der Waals surface area contributed by atoms with Crippen molar-refractivity contribution in [1.29, 1.82) is 0 Å². The largest absolute Gasteiger partial charge is 0.344 e. The summed E-state index contributed by atoms with van der Waals surface area (Å²) in [6.45, 7) is 27.6. The predicted octanol–water partition coefficient (Wildman–Crippen LogP) is 10.7. The van der Waals surface area contributed by atoms with Crippen LogP contribution in [0.5, 0.6) is 0 Å². The van der Waals surface area contributed by atoms with Crippen LogP contribution in [0.3, 0.4) is 0 Å². The van der Waals surface area contributed by atoms with Gasteiger partial charge >= 0.3 is 0 Å². The van der Waals surface area contributed by atoms with Crippen molar-refractivity contribution < 1.29 is 19.0 Å². The number of anilines is 2. The number of fused-ring (bicyclic) bond motifs is 2. The number of Topliss-reactive ketones (excluding diaryl/α,β-unsaturated/α-hetero) is 2. The fourth-order valence-corrected chi connectivity index (χ4v) is 10.9. The fourth-order valence-electron chi connectivity index (χ4n) is 10.9. The number of hydrogen-bond acceptors (Lipinski definition) is 5. The summed E-state index contributed by atoms with van der Waals surface area (Å²) < 4.78 is 2.53. The van der Waals surface area contributed by atoms with E-state index in [9.17, 15) is 14.4 Å². The van der Waals surface area contributed by atoms with Gasteiger partial charge in [0.2, 0.25) is 11.6 Å². The standard InChI is InChI=1S/C54H69N4O3/c1-12-29-57-43-23-16-14-21-41(43)53(8,9)45(57)27-25-39-19-18-20-40(26-28-46-54(10,11)42-22-15-17-24-44(42)58(46)30-13-2)49(39)56-33-31-55(32-34-56)47(59)35-52(6,7)48-38(5)50(60)36(3)37(4)51(48)61/h14-17,21-28H,12-13,18-20,29-35H2,1-11H3/q+1. The van der Waals surface area contributed by atoms with E-state index in [1.165, 1.54) is 50.8 Å². The van der Waals surface area contributed by atoms with E-state index in [-0.39, 0.29) is 34.7 Å². The monoisotopic (exact) mass is 822 g/mol. The average molecular weight is 822 g/mol. The van der Waals surface area contributed by atoms with Gasteiger partial charge in [0.1, 0.15) is 0 Å². The molecule has 322 valence electrons. The van der Waals surface area contributed by atoms with E-state index in [1.54, 1.807) is 20.8 Å². The highest BCUT2D eigenvalue weighted by Gasteiger charge is 2.43. The zero-order valence-corrected chi connectivity index (χ0v) is 38.9. The van der Waals surface area contributed by atoms with Crippen LogP contribution >= 0.6 is 0 Å². The minimum Gasteiger partial charge on any atom is -0.344 e. The fraction of sp³-hybridized carbons (Fsp3) is 0.481. The Morgan fingerprint density at radius 3 is 1.62 bits per heavy atom. The molecule has 0 aromatic heterocycles. The van der Waals surface area contributed by atoms with E-state index >= 15 is 0 Å². The second kappa shape index (κ2) is 17.0. The van der Waals surface area contributed by atoms with E-state index in [4.69, 9.17) is 0 Å². The highest BCUT2D eigenvalue weighted by Crippen LogP contribution is 2.49. The molecule has 61 heavy (non-hydrogen) atoms. The van der Waals surface area contributed by atoms with E-state index in [1.807, 2.05) is 18.7 Å². The molecule has 7 nitrogen and oxygen atoms in total. The second-order valence-corrected chi connectivity index (χ2v) is 19.6. The number of ketones is 2. The lowest BCUT2D eigenvalue weighted by molar-refractivity contribution is -0.537. The Bertz CT molecular complexity index is 2260. The lowest BCUT2D eigenvalue weighted by atomic mass is 9.71. The third kappa shape index (κ3) is 7.87. The molecule has 1 saturated carbocycles. The van der Waals surface area contributed by atoms with Crippen molar-refractivity contribution in [2.24, 2.45) is 5.41 Å². The molecular formula is C54H69N4O3+. The molecule has 1 amide bonds. The average Bonchev–Trinajstić information content (AvgIpc) is 3.58. The number of hydrogen-bond donors (Lipinski definition) is 0. The molecular weight excluding hydrogens is 753 g/mol. The van der Waals surface area contributed by atoms with Crippen LogP contribution in [0.15, 0.2) is 118 Å². The zero-order valence-electron chi connectivity index (χ0n) is 38.9. The number of rotatable bonds is 9. The highest BCUT2D eigenvalue weighted by atomic mass is 16.2. The molecule has 3 heterocycles. The van der Waals surface area contributed by atoms with Crippen molar-refractivity contribution in [2.45, 2.75) is 126 Å². The van der Waals surface area contributed by atoms with E-state index in [2.05, 4.69) is 129 Å². The molecule has 7 rings (SSSR count). The van der Waals surface area contributed by atoms with Gasteiger partial charge in [0, 0.05) is 92.0 Å². The van der Waals surface area contributed by atoms with Gasteiger partial charge in [0.25, 0.3) is 0 Å². The Morgan fingerprint density at radius 2 is 1.15 bits per heavy atom. The summed E-state index contributed by atoms with van der Waals surface area (Å²) in [4.78, 5) is 47.7. The lowest BCUT2D eigenvalue weighted by Gasteiger charge is -2.34. The van der Waals surface area contributed by atoms with Gasteiger partial charge in [-0.1, -0.05) is 104 Å². The minimum atomic E-state index is -0.767. The maximum absolute atomic E-state index is 14.1. The van der Waals surface area contributed by atoms with Gasteiger partial charge in [0.05, 0.1) is 13.1 Å². The van der Waals surface area contributed by atoms with Gasteiger partial charge in [-0.2, -0.15) is 0 Å². The van der Waals surface area contributed by atoms with E-state index in [0.717, 1.165) is 58.3 Å². The van der Waals surface area contributed by atoms with Gasteiger partial charge < -0.3 is 14.7 Å². The van der Waals surface area contributed by atoms with Crippen molar-refractivity contribution in [3.05, 3.63) is 129 Å². The molecule has 0 bridgehead atoms. The smallest absolute Gasteiger partial charge is 0.223 e. The highest BCUT2D eigenvalue weighted by molar-refractivity contribution is 6.25. The van der Waals surface area contributed by atoms with Crippen molar-refractivity contribution in [3.63, 3.8) is 0 Å². The Kier molecular flexibility index (Phi) is 12.3. The number of nitrogens with zero attached hydrogens (tertiary/aromatic N) is 4. The molecule has 2 fully saturated rings. The molecule has 0 spiro atoms. The third-order valence-electron chi connectivity index (χ3n) is 14.3. The first-order valence-corrected chi connectivity index (χ1v) is 22.9. The number of benzene rings is 2. The van der Waals surface area contributed by atoms with Crippen LogP contribution in [0.2, 0.25) is 0 Å². The Hall–Kier alpha value is -5.04. The normalized spacial score (nSPS) is 23.1. The first kappa shape index (κ1) is 44.0. The van der Waals surface area contributed by atoms with Crippen LogP contribution in [-0.2, 0) is 25.2 Å². The number of carbonyl (C=O) groups excluding carboxylic acids is 3. The quantitative estimate of drug-likeness (QED) is 0.186. The van der Waals surface area contributed by atoms with Crippen molar-refractivity contribution in [2.75, 3.05) is 49.1 Å². The number of para-hydroxylation sites is 2. The van der Waals surface area contributed by atoms with Crippen LogP contribution in [0, 0.1) is 5.41 Å². The molecule has 5 aliphatic rings. The first-order chi connectivity index (χ1) is 28.9. The Balaban J connectivity index is 1.24. The summed E-state index contributed by atoms with van der Waals surface area (Å²) in [7, 11) is 0. The molecule has 0 unspecified atom stereocenters. The Labute approximate surface area is 366 Å². The summed E-state index contributed by atoms with van der Waals surface area (Å²) in [5.41, 5.74) is 13.0. The SMILES string of the molecule is CCCN1/C(=C\C=C2\CCC/C(=C\C=C3\N(CCC)c4ccccc4C3(C)C)C2=[N+]2CCN(C(=O)CC(C)(C)C3=C(C)C(=O)C(C)=C(C)C3=O)CC2)C(C)(C)c2ccccc21. The molecule has 1 saturated heterocycles. The van der Waals surface area contributed by atoms with Gasteiger partial charge in [-0.3, -0.25) is 14.4 Å². The van der Waals surface area contributed by atoms with Gasteiger partial charge in [-0.25, -0.2) is 4.58 Å². The Morgan fingerprint density at radius 1 is 0.689 bits per heavy atom. The summed E-state index contributed by atoms with van der Waals surface area (Å²) >= 11 is 0. The second-order valence-electron chi connectivity index (χ2n) is 19.6. The van der Waals surface area contributed by atoms with Crippen LogP contribution in [0.25, 0.3) is 0 Å². The van der Waals surface area contributed by atoms with Gasteiger partial charge in [-0.15, -0.1) is 0 Å². The summed E-state index contributed by atoms with van der Waals surface area (Å²) in [6, 6.07) is 17.7. The van der Waals surface area contributed by atoms with Crippen LogP contribution < -0.4 is 9.80 Å². The number of carbonyl (C=O) groups is 3. The summed E-state index contributed by atoms with van der Waals surface area (Å²) in [5.74, 6) is -0.176. The lowest BCUT2D eigenvalue weighted by Crippen LogP contribution is -2.48.